The molecule has 0 radical (unpaired) electrons. The highest BCUT2D eigenvalue weighted by Gasteiger charge is 2.07. The second-order valence-corrected chi connectivity index (χ2v) is 9.95. The summed E-state index contributed by atoms with van der Waals surface area (Å²) in [5.41, 5.74) is 3.93. The minimum atomic E-state index is -0.169. The number of hydrogen-bond donors (Lipinski definition) is 2. The zero-order valence-electron chi connectivity index (χ0n) is 25.3. The van der Waals surface area contributed by atoms with Gasteiger partial charge in [-0.05, 0) is 58.7 Å². The summed E-state index contributed by atoms with van der Waals surface area (Å²) in [6.45, 7) is 0. The number of hydrogen-bond acceptors (Lipinski definition) is 10. The Morgan fingerprint density at radius 3 is 1.57 bits per heavy atom. The van der Waals surface area contributed by atoms with E-state index in [-0.39, 0.29) is 11.5 Å². The van der Waals surface area contributed by atoms with Gasteiger partial charge in [0.2, 0.25) is 0 Å². The molecule has 0 saturated heterocycles. The summed E-state index contributed by atoms with van der Waals surface area (Å²) in [6, 6.07) is 30.2. The van der Waals surface area contributed by atoms with Gasteiger partial charge < -0.3 is 28.7 Å². The van der Waals surface area contributed by atoms with Gasteiger partial charge in [-0.15, -0.1) is 0 Å². The average molecular weight is 617 g/mol. The lowest BCUT2D eigenvalue weighted by Crippen LogP contribution is -1.90. The lowest BCUT2D eigenvalue weighted by atomic mass is 10.1. The lowest BCUT2D eigenvalue weighted by molar-refractivity contribution is 0.355. The fourth-order valence-corrected chi connectivity index (χ4v) is 4.31. The first-order chi connectivity index (χ1) is 22.5. The number of benzene rings is 4. The highest BCUT2D eigenvalue weighted by Crippen LogP contribution is 2.28. The van der Waals surface area contributed by atoms with Gasteiger partial charge in [-0.25, -0.2) is 0 Å². The fraction of sp³-hybridized carbons (Fsp3) is 0.111. The smallest absolute Gasteiger partial charge is 0.250 e. The van der Waals surface area contributed by atoms with E-state index in [1.54, 1.807) is 38.5 Å². The van der Waals surface area contributed by atoms with Crippen LogP contribution in [0.15, 0.2) is 106 Å². The van der Waals surface area contributed by atoms with Crippen molar-refractivity contribution in [1.29, 1.82) is 0 Å². The largest absolute Gasteiger partial charge is 0.504 e. The molecule has 0 bridgehead atoms. The second-order valence-electron chi connectivity index (χ2n) is 9.95. The molecule has 0 amide bonds. The molecule has 2 N–H and O–H groups in total. The molecule has 0 aliphatic rings. The molecule has 0 atom stereocenters. The Morgan fingerprint density at radius 1 is 0.565 bits per heavy atom. The Morgan fingerprint density at radius 2 is 1.07 bits per heavy atom. The second kappa shape index (κ2) is 15.5. The molecule has 10 nitrogen and oxygen atoms in total. The maximum absolute atomic E-state index is 9.43. The highest BCUT2D eigenvalue weighted by molar-refractivity contribution is 5.68. The lowest BCUT2D eigenvalue weighted by Gasteiger charge is -2.07. The first kappa shape index (κ1) is 31.3. The van der Waals surface area contributed by atoms with E-state index in [0.717, 1.165) is 22.3 Å². The van der Waals surface area contributed by atoms with E-state index in [9.17, 15) is 10.2 Å². The summed E-state index contributed by atoms with van der Waals surface area (Å²) in [7, 11) is 3.22. The minimum absolute atomic E-state index is 0.153. The third-order valence-corrected chi connectivity index (χ3v) is 6.62. The molecule has 6 rings (SSSR count). The average Bonchev–Trinajstić information content (AvgIpc) is 3.74. The van der Waals surface area contributed by atoms with Crippen LogP contribution >= 0.6 is 0 Å². The monoisotopic (exact) mass is 616 g/mol. The van der Waals surface area contributed by atoms with Crippen molar-refractivity contribution in [3.63, 3.8) is 0 Å². The number of ether oxygens (including phenoxy) is 2. The summed E-state index contributed by atoms with van der Waals surface area (Å²) >= 11 is 0. The van der Waals surface area contributed by atoms with E-state index in [0.29, 0.717) is 47.8 Å². The van der Waals surface area contributed by atoms with E-state index >= 15 is 0 Å². The van der Waals surface area contributed by atoms with Crippen LogP contribution in [-0.4, -0.2) is 44.7 Å². The van der Waals surface area contributed by atoms with Crippen LogP contribution in [-0.2, 0) is 12.8 Å². The molecule has 2 heterocycles. The van der Waals surface area contributed by atoms with E-state index in [2.05, 4.69) is 20.3 Å². The molecule has 0 unspecified atom stereocenters. The molecule has 0 saturated carbocycles. The Labute approximate surface area is 265 Å². The number of phenolic OH excluding ortho intramolecular Hbond substituents is 2. The molecular weight excluding hydrogens is 584 g/mol. The van der Waals surface area contributed by atoms with Crippen LogP contribution in [0, 0.1) is 0 Å². The Hall–Kier alpha value is -6.16. The van der Waals surface area contributed by atoms with E-state index < -0.39 is 0 Å². The van der Waals surface area contributed by atoms with Gasteiger partial charge in [0.05, 0.1) is 14.2 Å². The first-order valence-electron chi connectivity index (χ1n) is 14.3. The Balaban J connectivity index is 0.000000182. The van der Waals surface area contributed by atoms with Crippen LogP contribution in [0.5, 0.6) is 23.0 Å². The molecule has 0 aliphatic carbocycles. The normalized spacial score (nSPS) is 11.0. The quantitative estimate of drug-likeness (QED) is 0.153. The van der Waals surface area contributed by atoms with Crippen molar-refractivity contribution in [3.05, 3.63) is 143 Å². The molecule has 0 spiro atoms. The van der Waals surface area contributed by atoms with Gasteiger partial charge in [-0.3, -0.25) is 0 Å². The van der Waals surface area contributed by atoms with Crippen molar-refractivity contribution >= 4 is 24.3 Å². The SMILES string of the molecule is COc1ccc(C=Cc2nc(Cc3ccccc3)no2)cc1OC.Oc1ccc(C=Cc2nc(Cc3ccccc3)no2)cc1O. The highest BCUT2D eigenvalue weighted by atomic mass is 16.5. The zero-order chi connectivity index (χ0) is 32.1. The molecule has 4 aromatic carbocycles. The van der Waals surface area contributed by atoms with Gasteiger partial charge in [0.25, 0.3) is 11.8 Å². The predicted octanol–water partition coefficient (Wildman–Crippen LogP) is 7.09. The maximum Gasteiger partial charge on any atom is 0.250 e. The van der Waals surface area contributed by atoms with Crippen molar-refractivity contribution in [3.8, 4) is 23.0 Å². The minimum Gasteiger partial charge on any atom is -0.504 e. The van der Waals surface area contributed by atoms with Crippen LogP contribution in [0.1, 0.15) is 45.7 Å². The van der Waals surface area contributed by atoms with Crippen LogP contribution in [0.2, 0.25) is 0 Å². The zero-order valence-corrected chi connectivity index (χ0v) is 25.3. The van der Waals surface area contributed by atoms with E-state index in [1.807, 2.05) is 84.9 Å². The van der Waals surface area contributed by atoms with Crippen LogP contribution in [0.3, 0.4) is 0 Å². The van der Waals surface area contributed by atoms with Crippen molar-refractivity contribution in [2.45, 2.75) is 12.8 Å². The van der Waals surface area contributed by atoms with Crippen LogP contribution in [0.25, 0.3) is 24.3 Å². The topological polar surface area (TPSA) is 137 Å². The summed E-state index contributed by atoms with van der Waals surface area (Å²) in [6.07, 6.45) is 8.31. The number of nitrogens with zero attached hydrogens (tertiary/aromatic N) is 4. The molecule has 10 heteroatoms. The third kappa shape index (κ3) is 8.93. The van der Waals surface area contributed by atoms with Gasteiger partial charge in [0.15, 0.2) is 34.6 Å². The van der Waals surface area contributed by atoms with Crippen LogP contribution < -0.4 is 9.47 Å². The van der Waals surface area contributed by atoms with Gasteiger partial charge in [-0.2, -0.15) is 9.97 Å². The van der Waals surface area contributed by atoms with E-state index in [1.165, 1.54) is 12.1 Å². The number of phenols is 2. The number of aromatic hydroxyl groups is 2. The Kier molecular flexibility index (Phi) is 10.6. The van der Waals surface area contributed by atoms with Crippen LogP contribution in [0.4, 0.5) is 0 Å². The number of methoxy groups -OCH3 is 2. The maximum atomic E-state index is 9.43. The summed E-state index contributed by atoms with van der Waals surface area (Å²) < 4.78 is 20.9. The molecule has 232 valence electrons. The summed E-state index contributed by atoms with van der Waals surface area (Å²) in [4.78, 5) is 8.66. The molecule has 2 aromatic heterocycles. The summed E-state index contributed by atoms with van der Waals surface area (Å²) in [5.74, 6) is 3.17. The van der Waals surface area contributed by atoms with Gasteiger partial charge in [-0.1, -0.05) is 83.1 Å². The standard InChI is InChI=1S/C19H18N2O3.C17H14N2O3/c1-22-16-10-8-15(12-17(16)23-2)9-11-19-20-18(21-24-19)13-14-6-4-3-5-7-14;20-14-8-6-13(10-15(14)21)7-9-17-18-16(19-22-17)11-12-4-2-1-3-5-12/h3-12H,13H2,1-2H3;1-10,20-21H,11H2. The van der Waals surface area contributed by atoms with Gasteiger partial charge >= 0.3 is 0 Å². The van der Waals surface area contributed by atoms with Crippen molar-refractivity contribution in [2.24, 2.45) is 0 Å². The van der Waals surface area contributed by atoms with Crippen molar-refractivity contribution in [2.75, 3.05) is 14.2 Å². The van der Waals surface area contributed by atoms with Gasteiger partial charge in [0.1, 0.15) is 0 Å². The molecule has 46 heavy (non-hydrogen) atoms. The molecule has 0 fully saturated rings. The van der Waals surface area contributed by atoms with E-state index in [4.69, 9.17) is 18.5 Å². The molecular formula is C36H32N4O6. The third-order valence-electron chi connectivity index (χ3n) is 6.62. The molecule has 0 aliphatic heterocycles. The first-order valence-corrected chi connectivity index (χ1v) is 14.3. The summed E-state index contributed by atoms with van der Waals surface area (Å²) in [5, 5.41) is 26.6. The van der Waals surface area contributed by atoms with Gasteiger partial charge in [0, 0.05) is 25.0 Å². The van der Waals surface area contributed by atoms with Crippen molar-refractivity contribution in [1.82, 2.24) is 20.3 Å². The fourth-order valence-electron chi connectivity index (χ4n) is 4.31. The number of rotatable bonds is 10. The predicted molar refractivity (Wildman–Crippen MR) is 174 cm³/mol. The number of aromatic nitrogens is 4. The Bertz CT molecular complexity index is 1900. The molecule has 6 aromatic rings. The van der Waals surface area contributed by atoms with Crippen molar-refractivity contribution < 1.29 is 28.7 Å².